The summed E-state index contributed by atoms with van der Waals surface area (Å²) >= 11 is 1.38. The zero-order valence-corrected chi connectivity index (χ0v) is 19.1. The molecule has 0 saturated carbocycles. The first kappa shape index (κ1) is 22.6. The van der Waals surface area contributed by atoms with Crippen LogP contribution in [-0.4, -0.2) is 45.7 Å². The van der Waals surface area contributed by atoms with E-state index in [0.29, 0.717) is 13.1 Å². The van der Waals surface area contributed by atoms with Crippen LogP contribution in [0.3, 0.4) is 0 Å². The number of rotatable bonds is 10. The van der Waals surface area contributed by atoms with Crippen molar-refractivity contribution in [3.8, 4) is 0 Å². The summed E-state index contributed by atoms with van der Waals surface area (Å²) in [6, 6.07) is 8.13. The molecule has 2 aromatic rings. The maximum Gasteiger partial charge on any atom is 0.348 e. The minimum Gasteiger partial charge on any atom is -0.351 e. The number of aromatic nitrogens is 2. The van der Waals surface area contributed by atoms with Gasteiger partial charge in [0, 0.05) is 30.9 Å². The summed E-state index contributed by atoms with van der Waals surface area (Å²) in [7, 11) is 0. The monoisotopic (exact) mass is 428 g/mol. The van der Waals surface area contributed by atoms with E-state index in [-0.39, 0.29) is 17.3 Å². The number of nitrogens with one attached hydrogen (secondary N) is 1. The molecule has 0 bridgehead atoms. The molecular weight excluding hydrogens is 396 g/mol. The molecule has 0 atom stereocenters. The number of carbonyl (C=O) groups is 1. The lowest BCUT2D eigenvalue weighted by Gasteiger charge is -2.20. The first-order valence-electron chi connectivity index (χ1n) is 10.8. The van der Waals surface area contributed by atoms with Crippen molar-refractivity contribution in [3.63, 3.8) is 0 Å². The number of amides is 1. The summed E-state index contributed by atoms with van der Waals surface area (Å²) in [4.78, 5) is 31.7. The van der Waals surface area contributed by atoms with E-state index in [0.717, 1.165) is 60.7 Å². The normalized spacial score (nSPS) is 12.9. The van der Waals surface area contributed by atoms with E-state index in [1.54, 1.807) is 0 Å². The van der Waals surface area contributed by atoms with Crippen LogP contribution in [0.5, 0.6) is 0 Å². The number of aryl methyl sites for hydroxylation is 1. The van der Waals surface area contributed by atoms with Crippen LogP contribution in [0, 0.1) is 6.92 Å². The number of hydrogen-bond donors (Lipinski definition) is 1. The summed E-state index contributed by atoms with van der Waals surface area (Å²) in [5.41, 5.74) is 4.36. The largest absolute Gasteiger partial charge is 0.351 e. The molecule has 1 heterocycles. The summed E-state index contributed by atoms with van der Waals surface area (Å²) in [5.74, 6) is 0.230. The minimum atomic E-state index is -0.189. The molecule has 0 radical (unpaired) electrons. The maximum absolute atomic E-state index is 12.7. The highest BCUT2D eigenvalue weighted by Crippen LogP contribution is 2.29. The molecular formula is C23H32N4O2S. The van der Waals surface area contributed by atoms with Gasteiger partial charge in [0.25, 0.3) is 0 Å². The molecule has 1 aliphatic rings. The van der Waals surface area contributed by atoms with E-state index in [1.165, 1.54) is 17.3 Å². The van der Waals surface area contributed by atoms with Gasteiger partial charge in [0.05, 0.1) is 5.75 Å². The van der Waals surface area contributed by atoms with E-state index in [1.807, 2.05) is 35.8 Å². The number of nitrogens with zero attached hydrogens (tertiary/aromatic N) is 3. The van der Waals surface area contributed by atoms with Crippen LogP contribution in [0.1, 0.15) is 42.7 Å². The lowest BCUT2D eigenvalue weighted by atomic mass is 10.1. The van der Waals surface area contributed by atoms with Gasteiger partial charge in [0.1, 0.15) is 5.03 Å². The van der Waals surface area contributed by atoms with Gasteiger partial charge in [-0.1, -0.05) is 55.4 Å². The molecule has 1 amide bonds. The highest BCUT2D eigenvalue weighted by atomic mass is 32.2. The zero-order valence-electron chi connectivity index (χ0n) is 18.2. The fourth-order valence-electron chi connectivity index (χ4n) is 3.81. The third kappa shape index (κ3) is 5.73. The molecule has 6 nitrogen and oxygen atoms in total. The van der Waals surface area contributed by atoms with Gasteiger partial charge in [-0.3, -0.25) is 9.36 Å². The third-order valence-corrected chi connectivity index (χ3v) is 6.70. The Morgan fingerprint density at radius 1 is 1.20 bits per heavy atom. The number of fused-ring (bicyclic) bond motifs is 1. The molecule has 7 heteroatoms. The topological polar surface area (TPSA) is 67.2 Å². The van der Waals surface area contributed by atoms with Crippen LogP contribution in [0.15, 0.2) is 34.1 Å². The second kappa shape index (κ2) is 10.8. The number of likely N-dealkylation sites (N-methyl/N-ethyl adjacent to an activating group) is 1. The lowest BCUT2D eigenvalue weighted by molar-refractivity contribution is -0.118. The van der Waals surface area contributed by atoms with Crippen molar-refractivity contribution in [1.29, 1.82) is 0 Å². The van der Waals surface area contributed by atoms with Crippen molar-refractivity contribution in [2.75, 3.05) is 25.4 Å². The Morgan fingerprint density at radius 2 is 1.93 bits per heavy atom. The number of carbonyl (C=O) groups excluding carboxylic acids is 1. The highest BCUT2D eigenvalue weighted by Gasteiger charge is 2.22. The Balaban J connectivity index is 1.61. The van der Waals surface area contributed by atoms with Crippen LogP contribution in [0.2, 0.25) is 0 Å². The molecule has 3 rings (SSSR count). The Labute approximate surface area is 183 Å². The predicted octanol–water partition coefficient (Wildman–Crippen LogP) is 2.79. The zero-order chi connectivity index (χ0) is 21.5. The molecule has 0 aliphatic heterocycles. The van der Waals surface area contributed by atoms with Gasteiger partial charge in [0.15, 0.2) is 0 Å². The Hall–Kier alpha value is -2.12. The van der Waals surface area contributed by atoms with Gasteiger partial charge in [-0.15, -0.1) is 0 Å². The Morgan fingerprint density at radius 3 is 2.63 bits per heavy atom. The van der Waals surface area contributed by atoms with E-state index in [4.69, 9.17) is 0 Å². The van der Waals surface area contributed by atoms with Gasteiger partial charge < -0.3 is 10.2 Å². The third-order valence-electron chi connectivity index (χ3n) is 5.69. The standard InChI is InChI=1S/C23H32N4O2S/c1-4-26(5-2)13-14-27-20-8-6-7-19(20)22(25-23(27)29)30-16-21(28)24-15-18-11-9-17(3)10-12-18/h9-12H,4-8,13-16H2,1-3H3,(H,24,28). The lowest BCUT2D eigenvalue weighted by Crippen LogP contribution is -2.34. The van der Waals surface area contributed by atoms with Gasteiger partial charge >= 0.3 is 5.69 Å². The second-order valence-corrected chi connectivity index (χ2v) is 8.67. The number of benzene rings is 1. The highest BCUT2D eigenvalue weighted by molar-refractivity contribution is 7.99. The fourth-order valence-corrected chi connectivity index (χ4v) is 4.72. The van der Waals surface area contributed by atoms with Gasteiger partial charge in [-0.2, -0.15) is 4.98 Å². The summed E-state index contributed by atoms with van der Waals surface area (Å²) < 4.78 is 1.85. The average molecular weight is 429 g/mol. The number of thioether (sulfide) groups is 1. The van der Waals surface area contributed by atoms with Crippen molar-refractivity contribution >= 4 is 17.7 Å². The first-order valence-corrected chi connectivity index (χ1v) is 11.8. The quantitative estimate of drug-likeness (QED) is 0.466. The Bertz CT molecular complexity index is 920. The molecule has 1 aromatic heterocycles. The van der Waals surface area contributed by atoms with Gasteiger partial charge in [0.2, 0.25) is 5.91 Å². The summed E-state index contributed by atoms with van der Waals surface area (Å²) in [6.45, 7) is 10.3. The number of hydrogen-bond acceptors (Lipinski definition) is 5. The fraction of sp³-hybridized carbons (Fsp3) is 0.522. The van der Waals surface area contributed by atoms with E-state index in [2.05, 4.69) is 29.0 Å². The smallest absolute Gasteiger partial charge is 0.348 e. The molecule has 30 heavy (non-hydrogen) atoms. The molecule has 0 unspecified atom stereocenters. The predicted molar refractivity (Wildman–Crippen MR) is 122 cm³/mol. The first-order chi connectivity index (χ1) is 14.5. The van der Waals surface area contributed by atoms with Crippen LogP contribution in [0.25, 0.3) is 0 Å². The molecule has 1 aromatic carbocycles. The van der Waals surface area contributed by atoms with Crippen LogP contribution in [-0.2, 0) is 30.7 Å². The van der Waals surface area contributed by atoms with E-state index < -0.39 is 0 Å². The van der Waals surface area contributed by atoms with Gasteiger partial charge in [-0.25, -0.2) is 4.79 Å². The Kier molecular flexibility index (Phi) is 8.10. The van der Waals surface area contributed by atoms with Crippen LogP contribution in [0.4, 0.5) is 0 Å². The van der Waals surface area contributed by atoms with Crippen molar-refractivity contribution in [1.82, 2.24) is 19.8 Å². The molecule has 0 spiro atoms. The molecule has 1 aliphatic carbocycles. The van der Waals surface area contributed by atoms with Crippen molar-refractivity contribution < 1.29 is 4.79 Å². The average Bonchev–Trinajstić information content (AvgIpc) is 3.23. The minimum absolute atomic E-state index is 0.0418. The van der Waals surface area contributed by atoms with Crippen molar-refractivity contribution in [2.24, 2.45) is 0 Å². The molecule has 0 fully saturated rings. The van der Waals surface area contributed by atoms with Gasteiger partial charge in [-0.05, 0) is 44.8 Å². The second-order valence-electron chi connectivity index (χ2n) is 7.71. The molecule has 0 saturated heterocycles. The van der Waals surface area contributed by atoms with E-state index in [9.17, 15) is 9.59 Å². The van der Waals surface area contributed by atoms with Crippen LogP contribution >= 0.6 is 11.8 Å². The molecule has 1 N–H and O–H groups in total. The summed E-state index contributed by atoms with van der Waals surface area (Å²) in [6.07, 6.45) is 2.89. The molecule has 162 valence electrons. The van der Waals surface area contributed by atoms with E-state index >= 15 is 0 Å². The van der Waals surface area contributed by atoms with Crippen LogP contribution < -0.4 is 11.0 Å². The summed E-state index contributed by atoms with van der Waals surface area (Å²) in [5, 5.41) is 3.69. The maximum atomic E-state index is 12.7. The van der Waals surface area contributed by atoms with Crippen molar-refractivity contribution in [2.45, 2.75) is 58.1 Å². The van der Waals surface area contributed by atoms with Crippen molar-refractivity contribution in [3.05, 3.63) is 57.1 Å². The SMILES string of the molecule is CCN(CC)CCn1c2c(c(SCC(=O)NCc3ccc(C)cc3)nc1=O)CCC2.